The number of rotatable bonds is 5. The molecule has 2 aliphatic heterocycles. The van der Waals surface area contributed by atoms with Crippen LogP contribution in [-0.2, 0) is 14.3 Å². The molecule has 0 saturated carbocycles. The average molecular weight is 545 g/mol. The molecule has 0 aliphatic carbocycles. The Kier molecular flexibility index (Phi) is 7.71. The summed E-state index contributed by atoms with van der Waals surface area (Å²) in [6.45, 7) is 6.84. The number of likely N-dealkylation sites (tertiary alicyclic amines) is 2. The van der Waals surface area contributed by atoms with Gasteiger partial charge in [0.15, 0.2) is 0 Å². The molecule has 10 nitrogen and oxygen atoms in total. The lowest BCUT2D eigenvalue weighted by Crippen LogP contribution is -2.45. The van der Waals surface area contributed by atoms with Crippen molar-refractivity contribution in [1.29, 1.82) is 0 Å². The van der Waals surface area contributed by atoms with Gasteiger partial charge in [0.1, 0.15) is 23.3 Å². The van der Waals surface area contributed by atoms with Crippen molar-refractivity contribution in [2.45, 2.75) is 64.1 Å². The van der Waals surface area contributed by atoms with Crippen LogP contribution in [0, 0.1) is 0 Å². The number of benzene rings is 1. The monoisotopic (exact) mass is 544 g/mol. The Morgan fingerprint density at radius 1 is 0.875 bits per heavy atom. The SMILES string of the molecule is CN1CCC[C@H]1C(=O)Nc1ccc2cc(-c3ccc(NC(=O)[C@@H]4CCCN4C(=O)OC(C)(C)C)nc3)ccc2n1. The summed E-state index contributed by atoms with van der Waals surface area (Å²) < 4.78 is 5.46. The Bertz CT molecular complexity index is 1420. The lowest BCUT2D eigenvalue weighted by molar-refractivity contribution is -0.120. The van der Waals surface area contributed by atoms with Gasteiger partial charge in [0, 0.05) is 23.7 Å². The lowest BCUT2D eigenvalue weighted by Gasteiger charge is -2.27. The molecule has 0 radical (unpaired) electrons. The van der Waals surface area contributed by atoms with Gasteiger partial charge in [-0.1, -0.05) is 6.07 Å². The number of carbonyl (C=O) groups is 3. The predicted molar refractivity (Wildman–Crippen MR) is 154 cm³/mol. The van der Waals surface area contributed by atoms with E-state index in [1.54, 1.807) is 33.0 Å². The normalized spacial score (nSPS) is 19.6. The largest absolute Gasteiger partial charge is 0.444 e. The molecule has 2 atom stereocenters. The summed E-state index contributed by atoms with van der Waals surface area (Å²) in [5, 5.41) is 6.73. The fraction of sp³-hybridized carbons (Fsp3) is 0.433. The predicted octanol–water partition coefficient (Wildman–Crippen LogP) is 4.67. The summed E-state index contributed by atoms with van der Waals surface area (Å²) in [7, 11) is 1.97. The minimum atomic E-state index is -0.624. The van der Waals surface area contributed by atoms with Crippen molar-refractivity contribution in [2.24, 2.45) is 0 Å². The maximum absolute atomic E-state index is 12.9. The number of likely N-dealkylation sites (N-methyl/N-ethyl adjacent to an activating group) is 1. The van der Waals surface area contributed by atoms with Gasteiger partial charge in [0.25, 0.3) is 0 Å². The maximum atomic E-state index is 12.9. The highest BCUT2D eigenvalue weighted by Gasteiger charge is 2.36. The van der Waals surface area contributed by atoms with Crippen molar-refractivity contribution in [1.82, 2.24) is 19.8 Å². The topological polar surface area (TPSA) is 117 Å². The number of nitrogens with one attached hydrogen (secondary N) is 2. The summed E-state index contributed by atoms with van der Waals surface area (Å²) in [5.41, 5.74) is 2.00. The van der Waals surface area contributed by atoms with Gasteiger partial charge in [0.2, 0.25) is 11.8 Å². The van der Waals surface area contributed by atoms with Crippen LogP contribution in [0.1, 0.15) is 46.5 Å². The zero-order chi connectivity index (χ0) is 28.4. The molecule has 3 aromatic rings. The first kappa shape index (κ1) is 27.5. The Labute approximate surface area is 234 Å². The van der Waals surface area contributed by atoms with Gasteiger partial charge in [0.05, 0.1) is 11.6 Å². The van der Waals surface area contributed by atoms with Gasteiger partial charge in [-0.2, -0.15) is 0 Å². The zero-order valence-electron chi connectivity index (χ0n) is 23.4. The van der Waals surface area contributed by atoms with Gasteiger partial charge in [-0.3, -0.25) is 19.4 Å². The second-order valence-electron chi connectivity index (χ2n) is 11.5. The molecule has 2 saturated heterocycles. The van der Waals surface area contributed by atoms with Crippen LogP contribution in [0.25, 0.3) is 22.0 Å². The van der Waals surface area contributed by atoms with Crippen LogP contribution in [0.5, 0.6) is 0 Å². The standard InChI is InChI=1S/C30H36N6O4/c1-30(2,3)40-29(39)36-16-6-8-24(36)28(38)33-25-13-11-21(18-31-25)19-9-12-22-20(17-19)10-14-26(32-22)34-27(37)23-7-5-15-35(23)4/h9-14,17-18,23-24H,5-8,15-16H2,1-4H3,(H,31,33,38)(H,32,34,37)/t23-,24-/m0/s1. The van der Waals surface area contributed by atoms with Crippen molar-refractivity contribution >= 4 is 40.4 Å². The summed E-state index contributed by atoms with van der Waals surface area (Å²) in [5.74, 6) is 0.662. The van der Waals surface area contributed by atoms with E-state index in [-0.39, 0.29) is 17.9 Å². The molecule has 210 valence electrons. The Balaban J connectivity index is 1.23. The highest BCUT2D eigenvalue weighted by atomic mass is 16.6. The number of anilines is 2. The molecule has 0 bridgehead atoms. The number of ether oxygens (including phenoxy) is 1. The molecule has 0 spiro atoms. The van der Waals surface area contributed by atoms with Crippen LogP contribution in [0.15, 0.2) is 48.7 Å². The molecule has 2 aliphatic rings. The Hall–Kier alpha value is -4.05. The van der Waals surface area contributed by atoms with Crippen LogP contribution < -0.4 is 10.6 Å². The van der Waals surface area contributed by atoms with Gasteiger partial charge < -0.3 is 15.4 Å². The molecule has 2 fully saturated rings. The van der Waals surface area contributed by atoms with Crippen molar-refractivity contribution in [3.63, 3.8) is 0 Å². The van der Waals surface area contributed by atoms with E-state index in [1.807, 2.05) is 43.4 Å². The minimum Gasteiger partial charge on any atom is -0.444 e. The number of nitrogens with zero attached hydrogens (tertiary/aromatic N) is 4. The number of aromatic nitrogens is 2. The molecule has 3 amide bonds. The quantitative estimate of drug-likeness (QED) is 0.480. The molecule has 10 heteroatoms. The van der Waals surface area contributed by atoms with Crippen LogP contribution in [0.3, 0.4) is 0 Å². The molecule has 5 rings (SSSR count). The number of fused-ring (bicyclic) bond motifs is 1. The summed E-state index contributed by atoms with van der Waals surface area (Å²) in [6, 6.07) is 12.6. The van der Waals surface area contributed by atoms with Crippen LogP contribution in [0.4, 0.5) is 16.4 Å². The van der Waals surface area contributed by atoms with E-state index in [9.17, 15) is 14.4 Å². The number of amides is 3. The van der Waals surface area contributed by atoms with E-state index in [0.717, 1.165) is 47.8 Å². The Morgan fingerprint density at radius 2 is 1.55 bits per heavy atom. The molecule has 2 aromatic heterocycles. The van der Waals surface area contributed by atoms with Gasteiger partial charge in [-0.05, 0) is 102 Å². The first-order valence-corrected chi connectivity index (χ1v) is 13.8. The molecule has 0 unspecified atom stereocenters. The van der Waals surface area contributed by atoms with Crippen LogP contribution >= 0.6 is 0 Å². The lowest BCUT2D eigenvalue weighted by atomic mass is 10.0. The van der Waals surface area contributed by atoms with Gasteiger partial charge in [-0.25, -0.2) is 14.8 Å². The minimum absolute atomic E-state index is 0.0211. The van der Waals surface area contributed by atoms with E-state index in [2.05, 4.69) is 25.5 Å². The van der Waals surface area contributed by atoms with Crippen molar-refractivity contribution in [3.8, 4) is 11.1 Å². The number of pyridine rings is 2. The van der Waals surface area contributed by atoms with Gasteiger partial charge >= 0.3 is 6.09 Å². The van der Waals surface area contributed by atoms with E-state index in [1.165, 1.54) is 4.90 Å². The smallest absolute Gasteiger partial charge is 0.410 e. The zero-order valence-corrected chi connectivity index (χ0v) is 23.4. The second-order valence-corrected chi connectivity index (χ2v) is 11.5. The van der Waals surface area contributed by atoms with Crippen LogP contribution in [-0.4, -0.2) is 75.5 Å². The second kappa shape index (κ2) is 11.2. The molecule has 1 aromatic carbocycles. The van der Waals surface area contributed by atoms with Crippen LogP contribution in [0.2, 0.25) is 0 Å². The summed E-state index contributed by atoms with van der Waals surface area (Å²) >= 11 is 0. The fourth-order valence-electron chi connectivity index (χ4n) is 5.25. The first-order chi connectivity index (χ1) is 19.1. The summed E-state index contributed by atoms with van der Waals surface area (Å²) in [6.07, 6.45) is 4.44. The van der Waals surface area contributed by atoms with E-state index >= 15 is 0 Å². The molecule has 40 heavy (non-hydrogen) atoms. The van der Waals surface area contributed by atoms with Gasteiger partial charge in [-0.15, -0.1) is 0 Å². The molecule has 4 heterocycles. The number of hydrogen-bond donors (Lipinski definition) is 2. The van der Waals surface area contributed by atoms with Crippen molar-refractivity contribution in [2.75, 3.05) is 30.8 Å². The summed E-state index contributed by atoms with van der Waals surface area (Å²) in [4.78, 5) is 50.7. The van der Waals surface area contributed by atoms with E-state index < -0.39 is 17.7 Å². The maximum Gasteiger partial charge on any atom is 0.410 e. The van der Waals surface area contributed by atoms with E-state index in [0.29, 0.717) is 24.6 Å². The number of hydrogen-bond acceptors (Lipinski definition) is 7. The molecule has 2 N–H and O–H groups in total. The third-order valence-electron chi connectivity index (χ3n) is 7.30. The average Bonchev–Trinajstić information content (AvgIpc) is 3.57. The molecular formula is C30H36N6O4. The highest BCUT2D eigenvalue weighted by Crippen LogP contribution is 2.26. The fourth-order valence-corrected chi connectivity index (χ4v) is 5.25. The third kappa shape index (κ3) is 6.22. The van der Waals surface area contributed by atoms with Crippen molar-refractivity contribution < 1.29 is 19.1 Å². The highest BCUT2D eigenvalue weighted by molar-refractivity contribution is 5.97. The number of carbonyl (C=O) groups excluding carboxylic acids is 3. The van der Waals surface area contributed by atoms with E-state index in [4.69, 9.17) is 4.74 Å². The first-order valence-electron chi connectivity index (χ1n) is 13.8. The van der Waals surface area contributed by atoms with Crippen molar-refractivity contribution in [3.05, 3.63) is 48.7 Å². The third-order valence-corrected chi connectivity index (χ3v) is 7.30. The molecular weight excluding hydrogens is 508 g/mol. The Morgan fingerprint density at radius 3 is 2.25 bits per heavy atom.